The summed E-state index contributed by atoms with van der Waals surface area (Å²) in [5.41, 5.74) is 1.98. The van der Waals surface area contributed by atoms with Crippen molar-refractivity contribution in [1.82, 2.24) is 20.3 Å². The van der Waals surface area contributed by atoms with E-state index in [2.05, 4.69) is 32.5 Å². The van der Waals surface area contributed by atoms with E-state index in [4.69, 9.17) is 0 Å². The molecule has 0 aromatic carbocycles. The number of aromatic amines is 1. The molecule has 2 aromatic heterocycles. The van der Waals surface area contributed by atoms with Crippen LogP contribution >= 0.6 is 0 Å². The van der Waals surface area contributed by atoms with E-state index in [1.165, 1.54) is 5.56 Å². The molecule has 2 fully saturated rings. The van der Waals surface area contributed by atoms with Crippen LogP contribution in [0.1, 0.15) is 31.7 Å². The average molecular weight is 285 g/mol. The molecule has 1 spiro atoms. The van der Waals surface area contributed by atoms with Crippen molar-refractivity contribution in [2.75, 3.05) is 11.9 Å². The summed E-state index contributed by atoms with van der Waals surface area (Å²) in [6.45, 7) is 2.95. The van der Waals surface area contributed by atoms with E-state index in [0.29, 0.717) is 6.04 Å². The molecule has 2 aromatic rings. The van der Waals surface area contributed by atoms with E-state index in [0.717, 1.165) is 49.1 Å². The Labute approximate surface area is 122 Å². The molecular weight excluding hydrogens is 266 g/mol. The van der Waals surface area contributed by atoms with Gasteiger partial charge in [-0.2, -0.15) is 0 Å². The maximum atomic E-state index is 11.9. The number of carbonyl (C=O) groups excluding carboxylic acids is 1. The number of nitrogens with zero attached hydrogens (tertiary/aromatic N) is 2. The van der Waals surface area contributed by atoms with Gasteiger partial charge in [0.05, 0.1) is 10.8 Å². The Morgan fingerprint density at radius 1 is 1.43 bits per heavy atom. The van der Waals surface area contributed by atoms with Crippen LogP contribution in [0.25, 0.3) is 11.0 Å². The fraction of sp³-hybridized carbons (Fsp3) is 0.533. The molecule has 1 aliphatic carbocycles. The zero-order chi connectivity index (χ0) is 14.4. The van der Waals surface area contributed by atoms with Gasteiger partial charge in [0.25, 0.3) is 0 Å². The predicted molar refractivity (Wildman–Crippen MR) is 80.0 cm³/mol. The van der Waals surface area contributed by atoms with Gasteiger partial charge in [-0.3, -0.25) is 4.79 Å². The average Bonchev–Trinajstić information content (AvgIpc) is 3.03. The minimum absolute atomic E-state index is 0.116. The molecule has 1 saturated carbocycles. The number of nitrogens with one attached hydrogen (secondary N) is 3. The highest BCUT2D eigenvalue weighted by Gasteiger charge is 2.52. The maximum Gasteiger partial charge on any atom is 0.226 e. The summed E-state index contributed by atoms with van der Waals surface area (Å²) in [7, 11) is 0. The van der Waals surface area contributed by atoms with Gasteiger partial charge in [0, 0.05) is 18.8 Å². The third-order valence-electron chi connectivity index (χ3n) is 4.92. The lowest BCUT2D eigenvalue weighted by molar-refractivity contribution is -0.132. The van der Waals surface area contributed by atoms with E-state index < -0.39 is 0 Å². The van der Waals surface area contributed by atoms with Crippen molar-refractivity contribution in [3.05, 3.63) is 18.1 Å². The molecule has 3 N–H and O–H groups in total. The summed E-state index contributed by atoms with van der Waals surface area (Å²) in [6.07, 6.45) is 7.29. The highest BCUT2D eigenvalue weighted by atomic mass is 16.2. The first-order valence-corrected chi connectivity index (χ1v) is 7.58. The lowest BCUT2D eigenvalue weighted by atomic mass is 9.64. The second-order valence-electron chi connectivity index (χ2n) is 6.15. The van der Waals surface area contributed by atoms with Crippen LogP contribution in [-0.4, -0.2) is 33.4 Å². The molecule has 1 amide bonds. The van der Waals surface area contributed by atoms with Crippen molar-refractivity contribution >= 4 is 22.8 Å². The van der Waals surface area contributed by atoms with Gasteiger partial charge in [0.15, 0.2) is 0 Å². The number of fused-ring (bicyclic) bond motifs is 1. The molecule has 2 aliphatic rings. The molecule has 6 heteroatoms. The Morgan fingerprint density at radius 3 is 3.00 bits per heavy atom. The van der Waals surface area contributed by atoms with Crippen LogP contribution in [0.3, 0.4) is 0 Å². The summed E-state index contributed by atoms with van der Waals surface area (Å²) < 4.78 is 0. The van der Waals surface area contributed by atoms with Crippen molar-refractivity contribution in [3.63, 3.8) is 0 Å². The van der Waals surface area contributed by atoms with Crippen molar-refractivity contribution in [3.8, 4) is 0 Å². The first kappa shape index (κ1) is 12.6. The zero-order valence-corrected chi connectivity index (χ0v) is 12.1. The van der Waals surface area contributed by atoms with E-state index in [1.54, 1.807) is 6.33 Å². The second-order valence-corrected chi connectivity index (χ2v) is 6.15. The summed E-state index contributed by atoms with van der Waals surface area (Å²) >= 11 is 0. The van der Waals surface area contributed by atoms with Crippen LogP contribution in [0, 0.1) is 5.41 Å². The first-order valence-electron chi connectivity index (χ1n) is 7.58. The van der Waals surface area contributed by atoms with E-state index in [-0.39, 0.29) is 11.3 Å². The van der Waals surface area contributed by atoms with E-state index in [9.17, 15) is 4.79 Å². The van der Waals surface area contributed by atoms with Gasteiger partial charge < -0.3 is 15.6 Å². The molecule has 0 unspecified atom stereocenters. The Morgan fingerprint density at radius 2 is 2.29 bits per heavy atom. The molecule has 1 saturated heterocycles. The van der Waals surface area contributed by atoms with Gasteiger partial charge in [-0.1, -0.05) is 6.92 Å². The van der Waals surface area contributed by atoms with Crippen LogP contribution in [0.2, 0.25) is 0 Å². The fourth-order valence-electron chi connectivity index (χ4n) is 3.70. The van der Waals surface area contributed by atoms with Gasteiger partial charge in [0.2, 0.25) is 5.91 Å². The number of aryl methyl sites for hydroxylation is 1. The van der Waals surface area contributed by atoms with Gasteiger partial charge in [-0.15, -0.1) is 0 Å². The topological polar surface area (TPSA) is 82.7 Å². The van der Waals surface area contributed by atoms with Crippen LogP contribution < -0.4 is 10.6 Å². The quantitative estimate of drug-likeness (QED) is 0.800. The standard InChI is InChI=1S/C15H19N5O/c1-2-9-7-17-12-11(9)13(19-8-18-12)20-10-5-15(6-10)3-4-16-14(15)21/h7-8,10H,2-6H2,1H3,(H,16,21)(H2,17,18,19,20). The molecule has 3 heterocycles. The number of hydrogen-bond donors (Lipinski definition) is 3. The fourth-order valence-corrected chi connectivity index (χ4v) is 3.70. The molecule has 0 radical (unpaired) electrons. The first-order chi connectivity index (χ1) is 10.2. The summed E-state index contributed by atoms with van der Waals surface area (Å²) in [6, 6.07) is 0.326. The highest BCUT2D eigenvalue weighted by Crippen LogP contribution is 2.47. The second kappa shape index (κ2) is 4.44. The van der Waals surface area contributed by atoms with E-state index >= 15 is 0 Å². The predicted octanol–water partition coefficient (Wildman–Crippen LogP) is 1.60. The minimum Gasteiger partial charge on any atom is -0.367 e. The molecule has 21 heavy (non-hydrogen) atoms. The van der Waals surface area contributed by atoms with Crippen molar-refractivity contribution in [2.24, 2.45) is 5.41 Å². The molecular formula is C15H19N5O. The lowest BCUT2D eigenvalue weighted by Gasteiger charge is -2.43. The number of H-pyrrole nitrogens is 1. The van der Waals surface area contributed by atoms with Crippen molar-refractivity contribution < 1.29 is 4.79 Å². The largest absolute Gasteiger partial charge is 0.367 e. The Bertz CT molecular complexity index is 701. The van der Waals surface area contributed by atoms with Crippen LogP contribution in [-0.2, 0) is 11.2 Å². The SMILES string of the molecule is CCc1c[nH]c2ncnc(NC3CC4(CCNC4=O)C3)c12. The normalized spacial score (nSPS) is 27.9. The Balaban J connectivity index is 1.56. The van der Waals surface area contributed by atoms with Crippen LogP contribution in [0.4, 0.5) is 5.82 Å². The van der Waals surface area contributed by atoms with Crippen LogP contribution in [0.15, 0.2) is 12.5 Å². The number of anilines is 1. The number of hydrogen-bond acceptors (Lipinski definition) is 4. The van der Waals surface area contributed by atoms with Gasteiger partial charge in [-0.05, 0) is 31.2 Å². The Kier molecular flexibility index (Phi) is 2.67. The summed E-state index contributed by atoms with van der Waals surface area (Å²) in [5.74, 6) is 1.11. The molecule has 110 valence electrons. The third kappa shape index (κ3) is 1.81. The zero-order valence-electron chi connectivity index (χ0n) is 12.1. The molecule has 4 rings (SSSR count). The monoisotopic (exact) mass is 285 g/mol. The number of aromatic nitrogens is 3. The highest BCUT2D eigenvalue weighted by molar-refractivity contribution is 5.91. The number of carbonyl (C=O) groups is 1. The van der Waals surface area contributed by atoms with Crippen molar-refractivity contribution in [1.29, 1.82) is 0 Å². The van der Waals surface area contributed by atoms with Gasteiger partial charge >= 0.3 is 0 Å². The Hall–Kier alpha value is -2.11. The molecule has 1 aliphatic heterocycles. The number of rotatable bonds is 3. The number of amides is 1. The lowest BCUT2D eigenvalue weighted by Crippen LogP contribution is -2.49. The van der Waals surface area contributed by atoms with Crippen LogP contribution in [0.5, 0.6) is 0 Å². The summed E-state index contributed by atoms with van der Waals surface area (Å²) in [4.78, 5) is 23.7. The summed E-state index contributed by atoms with van der Waals surface area (Å²) in [5, 5.41) is 7.53. The third-order valence-corrected chi connectivity index (χ3v) is 4.92. The maximum absolute atomic E-state index is 11.9. The minimum atomic E-state index is -0.116. The van der Waals surface area contributed by atoms with Gasteiger partial charge in [0.1, 0.15) is 17.8 Å². The molecule has 6 nitrogen and oxygen atoms in total. The molecule has 0 atom stereocenters. The van der Waals surface area contributed by atoms with E-state index in [1.807, 2.05) is 6.20 Å². The smallest absolute Gasteiger partial charge is 0.226 e. The molecule has 0 bridgehead atoms. The van der Waals surface area contributed by atoms with Crippen molar-refractivity contribution in [2.45, 2.75) is 38.6 Å². The van der Waals surface area contributed by atoms with Gasteiger partial charge in [-0.25, -0.2) is 9.97 Å².